The number of halogens is 2. The first-order valence-corrected chi connectivity index (χ1v) is 7.22. The zero-order valence-electron chi connectivity index (χ0n) is 9.24. The summed E-state index contributed by atoms with van der Waals surface area (Å²) < 4.78 is 2.18. The van der Waals surface area contributed by atoms with Crippen molar-refractivity contribution in [2.45, 2.75) is 0 Å². The quantitative estimate of drug-likeness (QED) is 0.464. The molecule has 0 spiro atoms. The van der Waals surface area contributed by atoms with Gasteiger partial charge in [0.15, 0.2) is 0 Å². The normalized spacial score (nSPS) is 11.0. The Morgan fingerprint density at radius 1 is 1.22 bits per heavy atom. The Kier molecular flexibility index (Phi) is 3.03. The van der Waals surface area contributed by atoms with E-state index in [0.29, 0.717) is 5.69 Å². The topological polar surface area (TPSA) is 54.7 Å². The molecule has 5 heteroatoms. The first-order chi connectivity index (χ1) is 8.65. The van der Waals surface area contributed by atoms with Gasteiger partial charge in [0.2, 0.25) is 0 Å². The molecule has 0 amide bonds. The maximum atomic E-state index is 5.92. The molecule has 0 unspecified atom stereocenters. The fourth-order valence-corrected chi connectivity index (χ4v) is 2.79. The predicted octanol–water partition coefficient (Wildman–Crippen LogP) is 4.18. The minimum atomic E-state index is 0.691. The summed E-state index contributed by atoms with van der Waals surface area (Å²) in [5.41, 5.74) is 9.42. The highest BCUT2D eigenvalue weighted by atomic mass is 127. The lowest BCUT2D eigenvalue weighted by Crippen LogP contribution is -1.85. The number of fused-ring (bicyclic) bond motifs is 1. The van der Waals surface area contributed by atoms with E-state index >= 15 is 0 Å². The van der Waals surface area contributed by atoms with Gasteiger partial charge in [0.05, 0.1) is 11.2 Å². The van der Waals surface area contributed by atoms with Gasteiger partial charge >= 0.3 is 0 Å². The summed E-state index contributed by atoms with van der Waals surface area (Å²) in [6.07, 6.45) is 0. The third-order valence-electron chi connectivity index (χ3n) is 2.73. The van der Waals surface area contributed by atoms with E-state index in [2.05, 4.69) is 54.6 Å². The molecule has 3 rings (SSSR count). The summed E-state index contributed by atoms with van der Waals surface area (Å²) in [4.78, 5) is 7.87. The van der Waals surface area contributed by atoms with Crippen LogP contribution in [0.2, 0.25) is 0 Å². The zero-order chi connectivity index (χ0) is 12.7. The van der Waals surface area contributed by atoms with Crippen molar-refractivity contribution in [3.63, 3.8) is 0 Å². The van der Waals surface area contributed by atoms with Crippen molar-refractivity contribution in [3.8, 4) is 11.4 Å². The van der Waals surface area contributed by atoms with Gasteiger partial charge in [-0.2, -0.15) is 0 Å². The molecular formula is C13H9BrIN3. The second-order valence-electron chi connectivity index (χ2n) is 3.95. The number of hydrogen-bond donors (Lipinski definition) is 2. The standard InChI is InChI=1S/C13H9BrIN3/c14-9-5-4-7(15)6-8(9)13-17-11-3-1-2-10(16)12(11)18-13/h1-6H,16H2,(H,17,18). The van der Waals surface area contributed by atoms with Gasteiger partial charge in [-0.3, -0.25) is 0 Å². The monoisotopic (exact) mass is 413 g/mol. The van der Waals surface area contributed by atoms with E-state index in [9.17, 15) is 0 Å². The summed E-state index contributed by atoms with van der Waals surface area (Å²) in [6.45, 7) is 0. The molecule has 3 nitrogen and oxygen atoms in total. The number of anilines is 1. The van der Waals surface area contributed by atoms with Crippen molar-refractivity contribution in [2.75, 3.05) is 5.73 Å². The number of nitrogens with one attached hydrogen (secondary N) is 1. The van der Waals surface area contributed by atoms with Gasteiger partial charge in [0.1, 0.15) is 11.3 Å². The second kappa shape index (κ2) is 4.55. The van der Waals surface area contributed by atoms with Crippen LogP contribution in [-0.4, -0.2) is 9.97 Å². The third-order valence-corrected chi connectivity index (χ3v) is 4.09. The smallest absolute Gasteiger partial charge is 0.139 e. The van der Waals surface area contributed by atoms with Crippen LogP contribution < -0.4 is 5.73 Å². The van der Waals surface area contributed by atoms with Crippen molar-refractivity contribution in [1.29, 1.82) is 0 Å². The number of rotatable bonds is 1. The van der Waals surface area contributed by atoms with E-state index in [1.54, 1.807) is 0 Å². The Morgan fingerprint density at radius 3 is 2.83 bits per heavy atom. The molecule has 0 aliphatic carbocycles. The van der Waals surface area contributed by atoms with Crippen LogP contribution in [0.4, 0.5) is 5.69 Å². The molecule has 1 heterocycles. The van der Waals surface area contributed by atoms with Crippen molar-refractivity contribution in [1.82, 2.24) is 9.97 Å². The highest BCUT2D eigenvalue weighted by molar-refractivity contribution is 14.1. The van der Waals surface area contributed by atoms with Crippen LogP contribution in [0, 0.1) is 3.57 Å². The minimum absolute atomic E-state index is 0.691. The van der Waals surface area contributed by atoms with Crippen LogP contribution in [0.3, 0.4) is 0 Å². The molecule has 18 heavy (non-hydrogen) atoms. The van der Waals surface area contributed by atoms with Gasteiger partial charge in [-0.1, -0.05) is 22.0 Å². The Bertz CT molecular complexity index is 736. The third kappa shape index (κ3) is 2.01. The predicted molar refractivity (Wildman–Crippen MR) is 86.4 cm³/mol. The van der Waals surface area contributed by atoms with Crippen LogP contribution in [0.15, 0.2) is 40.9 Å². The minimum Gasteiger partial charge on any atom is -0.397 e. The average Bonchev–Trinajstić information content (AvgIpc) is 2.77. The summed E-state index contributed by atoms with van der Waals surface area (Å²) in [6, 6.07) is 11.9. The van der Waals surface area contributed by atoms with Crippen molar-refractivity contribution in [2.24, 2.45) is 0 Å². The maximum Gasteiger partial charge on any atom is 0.139 e. The zero-order valence-corrected chi connectivity index (χ0v) is 13.0. The van der Waals surface area contributed by atoms with Crippen LogP contribution >= 0.6 is 38.5 Å². The van der Waals surface area contributed by atoms with Crippen LogP contribution in [0.25, 0.3) is 22.4 Å². The first-order valence-electron chi connectivity index (χ1n) is 5.35. The molecule has 3 aromatic rings. The van der Waals surface area contributed by atoms with Crippen LogP contribution in [-0.2, 0) is 0 Å². The van der Waals surface area contributed by atoms with Crippen molar-refractivity contribution >= 4 is 55.2 Å². The van der Waals surface area contributed by atoms with E-state index in [1.807, 2.05) is 30.3 Å². The molecule has 0 aliphatic heterocycles. The van der Waals surface area contributed by atoms with Gasteiger partial charge in [0, 0.05) is 13.6 Å². The SMILES string of the molecule is Nc1cccc2[nH]c(-c3cc(I)ccc3Br)nc12. The number of nitrogen functional groups attached to an aromatic ring is 1. The van der Waals surface area contributed by atoms with Crippen LogP contribution in [0.1, 0.15) is 0 Å². The highest BCUT2D eigenvalue weighted by Crippen LogP contribution is 2.30. The molecule has 0 aliphatic rings. The fourth-order valence-electron chi connectivity index (χ4n) is 1.86. The molecule has 0 radical (unpaired) electrons. The maximum absolute atomic E-state index is 5.92. The number of aromatic nitrogens is 2. The largest absolute Gasteiger partial charge is 0.397 e. The number of H-pyrrole nitrogens is 1. The highest BCUT2D eigenvalue weighted by Gasteiger charge is 2.10. The summed E-state index contributed by atoms with van der Waals surface area (Å²) >= 11 is 5.84. The Labute approximate surface area is 126 Å². The Hall–Kier alpha value is -1.08. The number of aromatic amines is 1. The number of imidazole rings is 1. The van der Waals surface area contributed by atoms with Gasteiger partial charge in [-0.25, -0.2) is 4.98 Å². The van der Waals surface area contributed by atoms with E-state index in [0.717, 1.165) is 26.9 Å². The lowest BCUT2D eigenvalue weighted by Gasteiger charge is -2.01. The summed E-state index contributed by atoms with van der Waals surface area (Å²) in [5.74, 6) is 0.827. The van der Waals surface area contributed by atoms with Gasteiger partial charge < -0.3 is 10.7 Å². The number of para-hydroxylation sites is 1. The van der Waals surface area contributed by atoms with Crippen LogP contribution in [0.5, 0.6) is 0 Å². The lowest BCUT2D eigenvalue weighted by atomic mass is 10.2. The molecule has 2 aromatic carbocycles. The Balaban J connectivity index is 2.26. The average molecular weight is 414 g/mol. The molecule has 0 bridgehead atoms. The van der Waals surface area contributed by atoms with Gasteiger partial charge in [0.25, 0.3) is 0 Å². The Morgan fingerprint density at radius 2 is 2.06 bits per heavy atom. The lowest BCUT2D eigenvalue weighted by molar-refractivity contribution is 1.32. The molecule has 0 saturated heterocycles. The van der Waals surface area contributed by atoms with E-state index < -0.39 is 0 Å². The summed E-state index contributed by atoms with van der Waals surface area (Å²) in [5, 5.41) is 0. The first kappa shape index (κ1) is 12.0. The molecule has 3 N–H and O–H groups in total. The van der Waals surface area contributed by atoms with Crippen molar-refractivity contribution < 1.29 is 0 Å². The van der Waals surface area contributed by atoms with Gasteiger partial charge in [-0.05, 0) is 52.9 Å². The van der Waals surface area contributed by atoms with E-state index in [1.165, 1.54) is 3.57 Å². The molecule has 0 atom stereocenters. The number of nitrogens with two attached hydrogens (primary N) is 1. The number of nitrogens with zero attached hydrogens (tertiary/aromatic N) is 1. The number of benzene rings is 2. The fraction of sp³-hybridized carbons (Fsp3) is 0. The van der Waals surface area contributed by atoms with E-state index in [4.69, 9.17) is 5.73 Å². The summed E-state index contributed by atoms with van der Waals surface area (Å²) in [7, 11) is 0. The van der Waals surface area contributed by atoms with E-state index in [-0.39, 0.29) is 0 Å². The second-order valence-corrected chi connectivity index (χ2v) is 6.05. The van der Waals surface area contributed by atoms with Crippen molar-refractivity contribution in [3.05, 3.63) is 44.4 Å². The number of hydrogen-bond acceptors (Lipinski definition) is 2. The molecule has 90 valence electrons. The molecule has 0 fully saturated rings. The molecular weight excluding hydrogens is 405 g/mol. The molecule has 0 saturated carbocycles. The molecule has 1 aromatic heterocycles. The van der Waals surface area contributed by atoms with Gasteiger partial charge in [-0.15, -0.1) is 0 Å².